The van der Waals surface area contributed by atoms with Gasteiger partial charge in [0.25, 0.3) is 0 Å². The Hall–Kier alpha value is -0.570. The van der Waals surface area contributed by atoms with Crippen molar-refractivity contribution in [2.75, 3.05) is 13.2 Å². The Balaban J connectivity index is 3.23. The molecular formula is C12H24O3. The Morgan fingerprint density at radius 1 is 1.20 bits per heavy atom. The first-order valence-corrected chi connectivity index (χ1v) is 5.97. The zero-order chi connectivity index (χ0) is 11.5. The highest BCUT2D eigenvalue weighted by atomic mass is 16.6. The third kappa shape index (κ3) is 9.73. The molecule has 3 heteroatoms. The monoisotopic (exact) mass is 216 g/mol. The number of rotatable bonds is 9. The third-order valence-electron chi connectivity index (χ3n) is 2.12. The lowest BCUT2D eigenvalue weighted by molar-refractivity contribution is -0.150. The maximum absolute atomic E-state index is 10.9. The summed E-state index contributed by atoms with van der Waals surface area (Å²) < 4.78 is 10.5. The first kappa shape index (κ1) is 14.4. The molecule has 1 unspecified atom stereocenters. The minimum atomic E-state index is -0.155. The van der Waals surface area contributed by atoms with Crippen LogP contribution in [-0.4, -0.2) is 25.3 Å². The highest BCUT2D eigenvalue weighted by Gasteiger charge is 2.06. The quantitative estimate of drug-likeness (QED) is 0.439. The standard InChI is InChI=1S/C12H24O3/c1-4-6-7-8-9-14-10-11(3)15-12(13)5-2/h11H,4-10H2,1-3H3. The SMILES string of the molecule is CCCCCCOCC(C)OC(=O)CC. The van der Waals surface area contributed by atoms with Gasteiger partial charge in [0.15, 0.2) is 0 Å². The number of carbonyl (C=O) groups is 1. The Morgan fingerprint density at radius 2 is 1.93 bits per heavy atom. The number of carbonyl (C=O) groups excluding carboxylic acids is 1. The van der Waals surface area contributed by atoms with E-state index < -0.39 is 0 Å². The molecule has 0 aromatic carbocycles. The van der Waals surface area contributed by atoms with E-state index in [1.807, 2.05) is 6.92 Å². The second-order valence-corrected chi connectivity index (χ2v) is 3.79. The average Bonchev–Trinajstić information content (AvgIpc) is 2.23. The van der Waals surface area contributed by atoms with Crippen LogP contribution in [0.15, 0.2) is 0 Å². The summed E-state index contributed by atoms with van der Waals surface area (Å²) in [5, 5.41) is 0. The van der Waals surface area contributed by atoms with Crippen molar-refractivity contribution in [3.8, 4) is 0 Å². The molecule has 15 heavy (non-hydrogen) atoms. The molecule has 0 aliphatic carbocycles. The number of unbranched alkanes of at least 4 members (excludes halogenated alkanes) is 3. The van der Waals surface area contributed by atoms with Crippen LogP contribution < -0.4 is 0 Å². The van der Waals surface area contributed by atoms with Crippen LogP contribution in [-0.2, 0) is 14.3 Å². The fourth-order valence-electron chi connectivity index (χ4n) is 1.22. The van der Waals surface area contributed by atoms with Gasteiger partial charge >= 0.3 is 5.97 Å². The summed E-state index contributed by atoms with van der Waals surface area (Å²) in [6.45, 7) is 7.12. The third-order valence-corrected chi connectivity index (χ3v) is 2.12. The van der Waals surface area contributed by atoms with Crippen molar-refractivity contribution in [3.63, 3.8) is 0 Å². The van der Waals surface area contributed by atoms with Crippen LogP contribution in [0.1, 0.15) is 52.9 Å². The molecule has 1 atom stereocenters. The molecule has 0 amide bonds. The molecule has 0 saturated carbocycles. The first-order valence-electron chi connectivity index (χ1n) is 5.97. The van der Waals surface area contributed by atoms with Gasteiger partial charge in [-0.15, -0.1) is 0 Å². The van der Waals surface area contributed by atoms with E-state index in [0.29, 0.717) is 13.0 Å². The molecular weight excluding hydrogens is 192 g/mol. The number of esters is 1. The largest absolute Gasteiger partial charge is 0.460 e. The van der Waals surface area contributed by atoms with Crippen molar-refractivity contribution >= 4 is 5.97 Å². The van der Waals surface area contributed by atoms with Crippen molar-refractivity contribution < 1.29 is 14.3 Å². The molecule has 0 aromatic heterocycles. The topological polar surface area (TPSA) is 35.5 Å². The van der Waals surface area contributed by atoms with E-state index in [9.17, 15) is 4.79 Å². The summed E-state index contributed by atoms with van der Waals surface area (Å²) in [5.41, 5.74) is 0. The first-order chi connectivity index (χ1) is 7.20. The summed E-state index contributed by atoms with van der Waals surface area (Å²) in [4.78, 5) is 10.9. The van der Waals surface area contributed by atoms with Crippen LogP contribution in [0.5, 0.6) is 0 Å². The van der Waals surface area contributed by atoms with E-state index >= 15 is 0 Å². The summed E-state index contributed by atoms with van der Waals surface area (Å²) in [5.74, 6) is -0.155. The minimum absolute atomic E-state index is 0.122. The predicted octanol–water partition coefficient (Wildman–Crippen LogP) is 2.93. The minimum Gasteiger partial charge on any atom is -0.460 e. The lowest BCUT2D eigenvalue weighted by Crippen LogP contribution is -2.20. The van der Waals surface area contributed by atoms with Crippen molar-refractivity contribution in [3.05, 3.63) is 0 Å². The van der Waals surface area contributed by atoms with Crippen molar-refractivity contribution in [2.45, 2.75) is 59.0 Å². The number of hydrogen-bond donors (Lipinski definition) is 0. The van der Waals surface area contributed by atoms with Crippen LogP contribution >= 0.6 is 0 Å². The van der Waals surface area contributed by atoms with Gasteiger partial charge in [-0.2, -0.15) is 0 Å². The molecule has 0 aromatic rings. The molecule has 0 fully saturated rings. The average molecular weight is 216 g/mol. The molecule has 0 spiro atoms. The second-order valence-electron chi connectivity index (χ2n) is 3.79. The second kappa shape index (κ2) is 9.97. The molecule has 0 rings (SSSR count). The van der Waals surface area contributed by atoms with Crippen molar-refractivity contribution in [1.82, 2.24) is 0 Å². The van der Waals surface area contributed by atoms with Gasteiger partial charge in [0.1, 0.15) is 6.10 Å². The fraction of sp³-hybridized carbons (Fsp3) is 0.917. The van der Waals surface area contributed by atoms with E-state index in [0.717, 1.165) is 13.0 Å². The summed E-state index contributed by atoms with van der Waals surface area (Å²) in [6.07, 6.45) is 5.14. The lowest BCUT2D eigenvalue weighted by Gasteiger charge is -2.12. The molecule has 0 radical (unpaired) electrons. The van der Waals surface area contributed by atoms with Gasteiger partial charge in [0.05, 0.1) is 6.61 Å². The maximum Gasteiger partial charge on any atom is 0.305 e. The summed E-state index contributed by atoms with van der Waals surface area (Å²) in [7, 11) is 0. The van der Waals surface area contributed by atoms with Gasteiger partial charge in [-0.05, 0) is 13.3 Å². The zero-order valence-corrected chi connectivity index (χ0v) is 10.3. The Labute approximate surface area is 93.1 Å². The number of hydrogen-bond acceptors (Lipinski definition) is 3. The summed E-state index contributed by atoms with van der Waals surface area (Å²) >= 11 is 0. The fourth-order valence-corrected chi connectivity index (χ4v) is 1.22. The highest BCUT2D eigenvalue weighted by molar-refractivity contribution is 5.69. The normalized spacial score (nSPS) is 12.5. The Kier molecular flexibility index (Phi) is 9.59. The van der Waals surface area contributed by atoms with E-state index in [1.54, 1.807) is 6.92 Å². The van der Waals surface area contributed by atoms with Crippen LogP contribution in [0.4, 0.5) is 0 Å². The molecule has 0 aliphatic rings. The maximum atomic E-state index is 10.9. The predicted molar refractivity (Wildman–Crippen MR) is 60.8 cm³/mol. The molecule has 0 saturated heterocycles. The van der Waals surface area contributed by atoms with E-state index in [4.69, 9.17) is 9.47 Å². The molecule has 0 bridgehead atoms. The molecule has 90 valence electrons. The van der Waals surface area contributed by atoms with Gasteiger partial charge in [-0.1, -0.05) is 33.1 Å². The Morgan fingerprint density at radius 3 is 2.53 bits per heavy atom. The number of ether oxygens (including phenoxy) is 2. The van der Waals surface area contributed by atoms with Gasteiger partial charge in [-0.25, -0.2) is 0 Å². The van der Waals surface area contributed by atoms with Gasteiger partial charge in [-0.3, -0.25) is 4.79 Å². The van der Waals surface area contributed by atoms with Crippen LogP contribution in [0.2, 0.25) is 0 Å². The van der Waals surface area contributed by atoms with Crippen LogP contribution in [0, 0.1) is 0 Å². The van der Waals surface area contributed by atoms with Crippen LogP contribution in [0.3, 0.4) is 0 Å². The van der Waals surface area contributed by atoms with Gasteiger partial charge < -0.3 is 9.47 Å². The highest BCUT2D eigenvalue weighted by Crippen LogP contribution is 2.00. The van der Waals surface area contributed by atoms with Crippen molar-refractivity contribution in [2.24, 2.45) is 0 Å². The molecule has 0 aliphatic heterocycles. The lowest BCUT2D eigenvalue weighted by atomic mass is 10.2. The zero-order valence-electron chi connectivity index (χ0n) is 10.3. The van der Waals surface area contributed by atoms with Crippen molar-refractivity contribution in [1.29, 1.82) is 0 Å². The summed E-state index contributed by atoms with van der Waals surface area (Å²) in [6, 6.07) is 0. The van der Waals surface area contributed by atoms with E-state index in [2.05, 4.69) is 6.92 Å². The van der Waals surface area contributed by atoms with E-state index in [-0.39, 0.29) is 12.1 Å². The van der Waals surface area contributed by atoms with Gasteiger partial charge in [0, 0.05) is 13.0 Å². The Bertz CT molecular complexity index is 157. The molecule has 3 nitrogen and oxygen atoms in total. The molecule has 0 heterocycles. The van der Waals surface area contributed by atoms with E-state index in [1.165, 1.54) is 19.3 Å². The van der Waals surface area contributed by atoms with Crippen LogP contribution in [0.25, 0.3) is 0 Å². The molecule has 0 N–H and O–H groups in total. The smallest absolute Gasteiger partial charge is 0.305 e. The van der Waals surface area contributed by atoms with Gasteiger partial charge in [0.2, 0.25) is 0 Å².